The number of carbonyl (C=O) groups excluding carboxylic acids is 3. The standard InChI is InChI=1S/C25H32N8O8S3/c1-25(2,3)41-24(38)27-16-8-6-5-7-14(16)11-17(34)28-18-20(35)33-19(22(36)37)15(12-42-21(18)33)13-43-23-29-30-31-32(23)10-9-26-44(4,39)40/h5-8,18,21,26H,9-13H2,1-4H3,(H,27,38)(H,28,34)(H,36,37)/t18-,21-/m1/s1. The number of rotatable bonds is 12. The van der Waals surface area contributed by atoms with Gasteiger partial charge in [0.25, 0.3) is 5.91 Å². The van der Waals surface area contributed by atoms with Gasteiger partial charge in [-0.1, -0.05) is 30.0 Å². The summed E-state index contributed by atoms with van der Waals surface area (Å²) in [5.74, 6) is -1.84. The molecule has 1 fully saturated rings. The molecule has 3 amide bonds. The van der Waals surface area contributed by atoms with Crippen molar-refractivity contribution in [2.45, 2.75) is 55.9 Å². The molecule has 0 spiro atoms. The maximum absolute atomic E-state index is 13.1. The van der Waals surface area contributed by atoms with E-state index in [-0.39, 0.29) is 36.7 Å². The van der Waals surface area contributed by atoms with E-state index >= 15 is 0 Å². The Hall–Kier alpha value is -3.68. The Kier molecular flexibility index (Phi) is 10.2. The molecule has 16 nitrogen and oxygen atoms in total. The van der Waals surface area contributed by atoms with Crippen LogP contribution in [0.3, 0.4) is 0 Å². The highest BCUT2D eigenvalue weighted by molar-refractivity contribution is 8.01. The van der Waals surface area contributed by atoms with Gasteiger partial charge in [-0.05, 0) is 48.4 Å². The summed E-state index contributed by atoms with van der Waals surface area (Å²) in [6.45, 7) is 5.43. The molecule has 4 N–H and O–H groups in total. The van der Waals surface area contributed by atoms with Crippen LogP contribution in [-0.2, 0) is 42.1 Å². The van der Waals surface area contributed by atoms with Crippen LogP contribution in [-0.4, -0.2) is 104 Å². The van der Waals surface area contributed by atoms with Crippen molar-refractivity contribution in [2.24, 2.45) is 0 Å². The number of nitrogens with zero attached hydrogens (tertiary/aromatic N) is 5. The smallest absolute Gasteiger partial charge is 0.412 e. The van der Waals surface area contributed by atoms with Crippen molar-refractivity contribution in [3.63, 3.8) is 0 Å². The van der Waals surface area contributed by atoms with Crippen molar-refractivity contribution < 1.29 is 37.4 Å². The summed E-state index contributed by atoms with van der Waals surface area (Å²) in [5.41, 5.74) is 0.522. The van der Waals surface area contributed by atoms with E-state index in [2.05, 4.69) is 30.9 Å². The van der Waals surface area contributed by atoms with Gasteiger partial charge in [-0.3, -0.25) is 19.8 Å². The molecule has 0 saturated carbocycles. The number of thioether (sulfide) groups is 2. The number of tetrazole rings is 1. The largest absolute Gasteiger partial charge is 0.477 e. The van der Waals surface area contributed by atoms with E-state index < -0.39 is 50.9 Å². The molecule has 0 radical (unpaired) electrons. The highest BCUT2D eigenvalue weighted by Crippen LogP contribution is 2.41. The molecule has 4 rings (SSSR count). The maximum atomic E-state index is 13.1. The number of benzene rings is 1. The molecule has 44 heavy (non-hydrogen) atoms. The van der Waals surface area contributed by atoms with Crippen molar-refractivity contribution in [3.8, 4) is 0 Å². The first-order valence-corrected chi connectivity index (χ1v) is 17.2. The van der Waals surface area contributed by atoms with Crippen molar-refractivity contribution in [1.82, 2.24) is 35.1 Å². The van der Waals surface area contributed by atoms with Crippen molar-refractivity contribution in [2.75, 3.05) is 29.6 Å². The fourth-order valence-electron chi connectivity index (χ4n) is 4.33. The highest BCUT2D eigenvalue weighted by atomic mass is 32.2. The van der Waals surface area contributed by atoms with Gasteiger partial charge in [0, 0.05) is 23.7 Å². The quantitative estimate of drug-likeness (QED) is 0.181. The molecule has 19 heteroatoms. The molecule has 0 unspecified atom stereocenters. The van der Waals surface area contributed by atoms with Gasteiger partial charge in [0.15, 0.2) is 0 Å². The zero-order valence-corrected chi connectivity index (χ0v) is 26.7. The number of aromatic nitrogens is 4. The fraction of sp³-hybridized carbons (Fsp3) is 0.480. The Bertz CT molecular complexity index is 1590. The molecule has 2 aliphatic heterocycles. The Labute approximate surface area is 261 Å². The minimum atomic E-state index is -3.38. The van der Waals surface area contributed by atoms with Crippen LogP contribution in [0.15, 0.2) is 40.7 Å². The maximum Gasteiger partial charge on any atom is 0.412 e. The number of anilines is 1. The minimum Gasteiger partial charge on any atom is -0.477 e. The predicted octanol–water partition coefficient (Wildman–Crippen LogP) is 0.643. The Balaban J connectivity index is 1.38. The van der Waals surface area contributed by atoms with Gasteiger partial charge >= 0.3 is 12.1 Å². The normalized spacial score (nSPS) is 18.4. The fourth-order valence-corrected chi connectivity index (χ4v) is 7.18. The zero-order chi connectivity index (χ0) is 32.2. The second kappa shape index (κ2) is 13.5. The summed E-state index contributed by atoms with van der Waals surface area (Å²) in [6.07, 6.45) is 0.232. The molecule has 1 aromatic heterocycles. The van der Waals surface area contributed by atoms with Gasteiger partial charge < -0.3 is 15.2 Å². The first-order valence-electron chi connectivity index (χ1n) is 13.2. The van der Waals surface area contributed by atoms with Crippen LogP contribution >= 0.6 is 23.5 Å². The summed E-state index contributed by atoms with van der Waals surface area (Å²) in [6, 6.07) is 5.80. The topological polar surface area (TPSA) is 215 Å². The summed E-state index contributed by atoms with van der Waals surface area (Å²) >= 11 is 2.48. The van der Waals surface area contributed by atoms with Crippen molar-refractivity contribution in [1.29, 1.82) is 0 Å². The highest BCUT2D eigenvalue weighted by Gasteiger charge is 2.54. The van der Waals surface area contributed by atoms with Crippen LogP contribution in [0, 0.1) is 0 Å². The number of sulfonamides is 1. The average molecular weight is 669 g/mol. The lowest BCUT2D eigenvalue weighted by atomic mass is 10.0. The summed E-state index contributed by atoms with van der Waals surface area (Å²) < 4.78 is 31.6. The van der Waals surface area contributed by atoms with E-state index in [1.807, 2.05) is 0 Å². The molecule has 0 aliphatic carbocycles. The summed E-state index contributed by atoms with van der Waals surface area (Å²) in [7, 11) is -3.38. The molecule has 0 bridgehead atoms. The lowest BCUT2D eigenvalue weighted by molar-refractivity contribution is -0.150. The molecule has 2 atom stereocenters. The third kappa shape index (κ3) is 8.48. The number of nitrogens with one attached hydrogen (secondary N) is 3. The number of carboxylic acids is 1. The SMILES string of the molecule is CC(C)(C)OC(=O)Nc1ccccc1CC(=O)N[C@@H]1C(=O)N2C(C(=O)O)=C(CSc3nnnn3CCNS(C)(=O)=O)CS[C@H]12. The van der Waals surface area contributed by atoms with E-state index in [1.165, 1.54) is 21.3 Å². The monoisotopic (exact) mass is 668 g/mol. The van der Waals surface area contributed by atoms with Crippen LogP contribution in [0.1, 0.15) is 26.3 Å². The molecule has 2 aromatic rings. The van der Waals surface area contributed by atoms with Gasteiger partial charge in [-0.25, -0.2) is 27.4 Å². The second-order valence-electron chi connectivity index (χ2n) is 10.8. The molecule has 238 valence electrons. The third-order valence-electron chi connectivity index (χ3n) is 6.13. The van der Waals surface area contributed by atoms with E-state index in [0.29, 0.717) is 22.0 Å². The molecular weight excluding hydrogens is 637 g/mol. The van der Waals surface area contributed by atoms with Crippen molar-refractivity contribution >= 4 is 63.1 Å². The molecule has 1 aromatic carbocycles. The van der Waals surface area contributed by atoms with E-state index in [1.54, 1.807) is 45.0 Å². The molecular formula is C25H32N8O8S3. The van der Waals surface area contributed by atoms with Crippen molar-refractivity contribution in [3.05, 3.63) is 41.1 Å². The van der Waals surface area contributed by atoms with Crippen LogP contribution in [0.5, 0.6) is 0 Å². The molecule has 1 saturated heterocycles. The van der Waals surface area contributed by atoms with Crippen LogP contribution in [0.2, 0.25) is 0 Å². The Morgan fingerprint density at radius 1 is 1.23 bits per heavy atom. The van der Waals surface area contributed by atoms with Gasteiger partial charge in [0.05, 0.1) is 19.2 Å². The Morgan fingerprint density at radius 2 is 1.95 bits per heavy atom. The number of fused-ring (bicyclic) bond motifs is 1. The predicted molar refractivity (Wildman–Crippen MR) is 161 cm³/mol. The summed E-state index contributed by atoms with van der Waals surface area (Å²) in [5, 5.41) is 26.4. The first kappa shape index (κ1) is 33.2. The van der Waals surface area contributed by atoms with Crippen LogP contribution < -0.4 is 15.4 Å². The first-order chi connectivity index (χ1) is 20.6. The van der Waals surface area contributed by atoms with Gasteiger partial charge in [0.1, 0.15) is 22.7 Å². The van der Waals surface area contributed by atoms with Crippen LogP contribution in [0.4, 0.5) is 10.5 Å². The number of amides is 3. The zero-order valence-electron chi connectivity index (χ0n) is 24.3. The molecule has 3 heterocycles. The van der Waals surface area contributed by atoms with Gasteiger partial charge in [-0.15, -0.1) is 16.9 Å². The lowest BCUT2D eigenvalue weighted by Crippen LogP contribution is -2.70. The minimum absolute atomic E-state index is 0.0687. The second-order valence-corrected chi connectivity index (χ2v) is 14.7. The van der Waals surface area contributed by atoms with Crippen LogP contribution in [0.25, 0.3) is 0 Å². The van der Waals surface area contributed by atoms with E-state index in [9.17, 15) is 32.7 Å². The third-order valence-corrected chi connectivity index (χ3v) is 9.24. The Morgan fingerprint density at radius 3 is 2.64 bits per heavy atom. The number of carbonyl (C=O) groups is 4. The number of carboxylic acid groups (broad SMARTS) is 1. The van der Waals surface area contributed by atoms with Gasteiger partial charge in [-0.2, -0.15) is 0 Å². The molecule has 2 aliphatic rings. The number of hydrogen-bond donors (Lipinski definition) is 4. The number of ether oxygens (including phenoxy) is 1. The number of β-lactam (4-membered cyclic amide) rings is 1. The van der Waals surface area contributed by atoms with Gasteiger partial charge in [0.2, 0.25) is 21.1 Å². The number of aliphatic carboxylic acids is 1. The lowest BCUT2D eigenvalue weighted by Gasteiger charge is -2.49. The summed E-state index contributed by atoms with van der Waals surface area (Å²) in [4.78, 5) is 51.7. The van der Waals surface area contributed by atoms with E-state index in [0.717, 1.165) is 18.0 Å². The number of para-hydroxylation sites is 1. The average Bonchev–Trinajstić information content (AvgIpc) is 3.36. The van der Waals surface area contributed by atoms with E-state index in [4.69, 9.17) is 4.74 Å². The number of hydrogen-bond acceptors (Lipinski definition) is 12.